The van der Waals surface area contributed by atoms with Gasteiger partial charge in [-0.1, -0.05) is 35.7 Å². The number of hydrogen-bond acceptors (Lipinski definition) is 4. The van der Waals surface area contributed by atoms with Gasteiger partial charge in [-0.2, -0.15) is 8.78 Å². The summed E-state index contributed by atoms with van der Waals surface area (Å²) in [6, 6.07) is 10.7. The first kappa shape index (κ1) is 29.7. The molecule has 0 saturated carbocycles. The summed E-state index contributed by atoms with van der Waals surface area (Å²) < 4.78 is 28.7. The normalized spacial score (nSPS) is 14.6. The number of nitrogens with zero attached hydrogens (tertiary/aromatic N) is 1. The average Bonchev–Trinajstić information content (AvgIpc) is 2.88. The van der Waals surface area contributed by atoms with Gasteiger partial charge in [-0.25, -0.2) is 4.79 Å². The van der Waals surface area contributed by atoms with Gasteiger partial charge in [0, 0.05) is 37.4 Å². The minimum Gasteiger partial charge on any atom is -0.435 e. The maximum atomic E-state index is 12.3. The van der Waals surface area contributed by atoms with Gasteiger partial charge in [0.05, 0.1) is 10.0 Å². The highest BCUT2D eigenvalue weighted by atomic mass is 35.5. The minimum atomic E-state index is -2.88. The number of urea groups is 1. The molecule has 1 saturated heterocycles. The van der Waals surface area contributed by atoms with Crippen molar-refractivity contribution in [1.82, 2.24) is 15.5 Å². The van der Waals surface area contributed by atoms with E-state index in [1.165, 1.54) is 30.3 Å². The lowest BCUT2D eigenvalue weighted by atomic mass is 10.0. The van der Waals surface area contributed by atoms with E-state index >= 15 is 0 Å². The number of amides is 3. The summed E-state index contributed by atoms with van der Waals surface area (Å²) in [6.45, 7) is 0.526. The van der Waals surface area contributed by atoms with Crippen molar-refractivity contribution in [1.29, 1.82) is 0 Å². The molecular formula is C27H32Cl2F2N4O3. The molecule has 7 nitrogen and oxygen atoms in total. The molecule has 11 heteroatoms. The zero-order valence-corrected chi connectivity index (χ0v) is 22.4. The van der Waals surface area contributed by atoms with Gasteiger partial charge in [-0.15, -0.1) is 0 Å². The number of likely N-dealkylation sites (tertiary alicyclic amines) is 1. The lowest BCUT2D eigenvalue weighted by Gasteiger charge is -2.32. The molecule has 2 aromatic carbocycles. The smallest absolute Gasteiger partial charge is 0.387 e. The predicted octanol–water partition coefficient (Wildman–Crippen LogP) is 6.18. The Kier molecular flexibility index (Phi) is 12.1. The maximum Gasteiger partial charge on any atom is 0.387 e. The number of halogens is 4. The van der Waals surface area contributed by atoms with E-state index in [1.807, 2.05) is 0 Å². The number of anilines is 1. The molecule has 1 heterocycles. The van der Waals surface area contributed by atoms with Crippen molar-refractivity contribution in [2.45, 2.75) is 44.8 Å². The maximum absolute atomic E-state index is 12.3. The fraction of sp³-hybridized carbons (Fsp3) is 0.407. The van der Waals surface area contributed by atoms with Gasteiger partial charge in [0.15, 0.2) is 0 Å². The Morgan fingerprint density at radius 1 is 1.03 bits per heavy atom. The van der Waals surface area contributed by atoms with E-state index in [0.29, 0.717) is 22.3 Å². The Morgan fingerprint density at radius 3 is 2.45 bits per heavy atom. The van der Waals surface area contributed by atoms with Crippen LogP contribution in [0, 0.1) is 0 Å². The van der Waals surface area contributed by atoms with E-state index in [4.69, 9.17) is 23.2 Å². The van der Waals surface area contributed by atoms with Crippen LogP contribution in [0.25, 0.3) is 6.08 Å². The Bertz CT molecular complexity index is 1080. The molecule has 3 rings (SSSR count). The van der Waals surface area contributed by atoms with Crippen LogP contribution >= 0.6 is 23.2 Å². The van der Waals surface area contributed by atoms with E-state index in [9.17, 15) is 18.4 Å². The van der Waals surface area contributed by atoms with Gasteiger partial charge in [0.1, 0.15) is 5.75 Å². The summed E-state index contributed by atoms with van der Waals surface area (Å²) in [5.41, 5.74) is 1.31. The van der Waals surface area contributed by atoms with Crippen LogP contribution in [-0.4, -0.2) is 55.7 Å². The van der Waals surface area contributed by atoms with Crippen molar-refractivity contribution in [2.24, 2.45) is 0 Å². The van der Waals surface area contributed by atoms with Crippen molar-refractivity contribution in [2.75, 3.05) is 31.5 Å². The second-order valence-electron chi connectivity index (χ2n) is 8.98. The van der Waals surface area contributed by atoms with E-state index in [-0.39, 0.29) is 23.7 Å². The first-order valence-electron chi connectivity index (χ1n) is 12.5. The molecule has 0 spiro atoms. The van der Waals surface area contributed by atoms with Gasteiger partial charge in [-0.3, -0.25) is 4.79 Å². The first-order valence-corrected chi connectivity index (χ1v) is 13.3. The largest absolute Gasteiger partial charge is 0.435 e. The molecule has 0 bridgehead atoms. The summed E-state index contributed by atoms with van der Waals surface area (Å²) in [4.78, 5) is 26.6. The SMILES string of the molecule is O=C(/C=C/c1ccc(Cl)c(Cl)c1)NCCCCCN1CCC(NC(=O)Nc2ccc(OC(F)F)cc2)CC1. The lowest BCUT2D eigenvalue weighted by molar-refractivity contribution is -0.116. The summed E-state index contributed by atoms with van der Waals surface area (Å²) in [5, 5.41) is 9.50. The van der Waals surface area contributed by atoms with E-state index in [1.54, 1.807) is 24.3 Å². The molecule has 1 fully saturated rings. The van der Waals surface area contributed by atoms with Gasteiger partial charge in [0.25, 0.3) is 0 Å². The molecular weight excluding hydrogens is 537 g/mol. The highest BCUT2D eigenvalue weighted by Gasteiger charge is 2.20. The Hall–Kier alpha value is -2.88. The van der Waals surface area contributed by atoms with Crippen LogP contribution in [0.15, 0.2) is 48.5 Å². The third kappa shape index (κ3) is 10.8. The van der Waals surface area contributed by atoms with Crippen molar-refractivity contribution in [3.05, 3.63) is 64.1 Å². The van der Waals surface area contributed by atoms with E-state index < -0.39 is 6.61 Å². The zero-order chi connectivity index (χ0) is 27.3. The highest BCUT2D eigenvalue weighted by Crippen LogP contribution is 2.23. The molecule has 0 radical (unpaired) electrons. The molecule has 0 atom stereocenters. The Morgan fingerprint density at radius 2 is 1.76 bits per heavy atom. The second-order valence-corrected chi connectivity index (χ2v) is 9.79. The average molecular weight is 569 g/mol. The number of alkyl halides is 2. The molecule has 1 aliphatic rings. The number of benzene rings is 2. The van der Waals surface area contributed by atoms with Crippen LogP contribution < -0.4 is 20.7 Å². The third-order valence-electron chi connectivity index (χ3n) is 6.08. The summed E-state index contributed by atoms with van der Waals surface area (Å²) in [5.74, 6) is -0.107. The molecule has 38 heavy (non-hydrogen) atoms. The number of nitrogens with one attached hydrogen (secondary N) is 3. The topological polar surface area (TPSA) is 82.7 Å². The molecule has 206 valence electrons. The van der Waals surface area contributed by atoms with E-state index in [2.05, 4.69) is 25.6 Å². The van der Waals surface area contributed by atoms with Crippen molar-refractivity contribution < 1.29 is 23.1 Å². The number of carbonyl (C=O) groups excluding carboxylic acids is 2. The predicted molar refractivity (Wildman–Crippen MR) is 147 cm³/mol. The minimum absolute atomic E-state index is 0.0385. The second kappa shape index (κ2) is 15.5. The quantitative estimate of drug-likeness (QED) is 0.211. The van der Waals surface area contributed by atoms with Crippen molar-refractivity contribution >= 4 is 46.9 Å². The lowest BCUT2D eigenvalue weighted by Crippen LogP contribution is -2.46. The van der Waals surface area contributed by atoms with Crippen LogP contribution in [0.5, 0.6) is 5.75 Å². The molecule has 2 aromatic rings. The van der Waals surface area contributed by atoms with Crippen LogP contribution in [0.1, 0.15) is 37.7 Å². The number of ether oxygens (including phenoxy) is 1. The van der Waals surface area contributed by atoms with Gasteiger partial charge in [0.2, 0.25) is 5.91 Å². The number of hydrogen-bond donors (Lipinski definition) is 3. The summed E-state index contributed by atoms with van der Waals surface area (Å²) in [7, 11) is 0. The third-order valence-corrected chi connectivity index (χ3v) is 6.82. The summed E-state index contributed by atoms with van der Waals surface area (Å²) in [6.07, 6.45) is 7.85. The number of carbonyl (C=O) groups is 2. The molecule has 1 aliphatic heterocycles. The van der Waals surface area contributed by atoms with Crippen molar-refractivity contribution in [3.63, 3.8) is 0 Å². The van der Waals surface area contributed by atoms with Crippen LogP contribution in [-0.2, 0) is 4.79 Å². The molecule has 3 N–H and O–H groups in total. The number of unbranched alkanes of at least 4 members (excludes halogenated alkanes) is 2. The molecule has 3 amide bonds. The monoisotopic (exact) mass is 568 g/mol. The highest BCUT2D eigenvalue weighted by molar-refractivity contribution is 6.42. The Balaban J connectivity index is 1.22. The molecule has 0 unspecified atom stereocenters. The standard InChI is InChI=1S/C27H32Cl2F2N4O3/c28-23-10-4-19(18-24(23)29)5-11-25(36)32-14-2-1-3-15-35-16-12-21(13-17-35)34-27(37)33-20-6-8-22(9-7-20)38-26(30)31/h4-11,18,21,26H,1-3,12-17H2,(H,32,36)(H2,33,34,37)/b11-5+. The summed E-state index contributed by atoms with van der Waals surface area (Å²) >= 11 is 11.9. The zero-order valence-electron chi connectivity index (χ0n) is 20.9. The molecule has 0 aliphatic carbocycles. The fourth-order valence-electron chi connectivity index (χ4n) is 4.07. The van der Waals surface area contributed by atoms with Crippen LogP contribution in [0.3, 0.4) is 0 Å². The first-order chi connectivity index (χ1) is 18.3. The van der Waals surface area contributed by atoms with Crippen LogP contribution in [0.2, 0.25) is 10.0 Å². The van der Waals surface area contributed by atoms with Gasteiger partial charge in [-0.05, 0) is 80.3 Å². The van der Waals surface area contributed by atoms with E-state index in [0.717, 1.165) is 57.3 Å². The molecule has 0 aromatic heterocycles. The van der Waals surface area contributed by atoms with Gasteiger partial charge < -0.3 is 25.6 Å². The Labute approximate surface area is 231 Å². The fourth-order valence-corrected chi connectivity index (χ4v) is 4.38. The van der Waals surface area contributed by atoms with Gasteiger partial charge >= 0.3 is 12.6 Å². The van der Waals surface area contributed by atoms with Crippen molar-refractivity contribution in [3.8, 4) is 5.75 Å². The number of piperidine rings is 1. The van der Waals surface area contributed by atoms with Crippen LogP contribution in [0.4, 0.5) is 19.3 Å². The number of rotatable bonds is 12.